The third kappa shape index (κ3) is 8.43. The number of aliphatic hydroxyl groups excluding tert-OH is 4. The average Bonchev–Trinajstić information content (AvgIpc) is 2.87. The van der Waals surface area contributed by atoms with Gasteiger partial charge in [-0.15, -0.1) is 0 Å². The van der Waals surface area contributed by atoms with Crippen LogP contribution < -0.4 is 11.1 Å². The zero-order chi connectivity index (χ0) is 26.2. The SMILES string of the molecule is COC1CC(CC[C@@H](O)[C@@H](CC2CCNC(N)C2)C(=O)CCC2CC(O)C(O)C(OC)C2)CCC1O. The van der Waals surface area contributed by atoms with Crippen molar-refractivity contribution >= 4 is 5.78 Å². The maximum atomic E-state index is 13.5. The predicted octanol–water partition coefficient (Wildman–Crippen LogP) is 1.09. The third-order valence-electron chi connectivity index (χ3n) is 9.07. The number of carbonyl (C=O) groups excluding carboxylic acids is 1. The van der Waals surface area contributed by atoms with E-state index in [1.165, 1.54) is 7.11 Å². The highest BCUT2D eigenvalue weighted by Gasteiger charge is 2.37. The van der Waals surface area contributed by atoms with E-state index in [2.05, 4.69) is 5.32 Å². The van der Waals surface area contributed by atoms with Crippen molar-refractivity contribution in [2.75, 3.05) is 20.8 Å². The molecule has 1 saturated heterocycles. The molecule has 11 atom stereocenters. The van der Waals surface area contributed by atoms with Crippen LogP contribution in [0.15, 0.2) is 0 Å². The number of nitrogens with one attached hydrogen (secondary N) is 1. The Hall–Kier alpha value is -0.650. The van der Waals surface area contributed by atoms with Gasteiger partial charge in [0.2, 0.25) is 0 Å². The van der Waals surface area contributed by atoms with Crippen LogP contribution in [0.1, 0.15) is 77.0 Å². The summed E-state index contributed by atoms with van der Waals surface area (Å²) in [4.78, 5) is 13.5. The standard InChI is InChI=1S/C27H50N2O7/c1-35-24-13-16(4-8-22(24)32)3-6-20(30)19(11-18-9-10-29-26(28)15-18)21(31)7-5-17-12-23(33)27(34)25(14-17)36-2/h16-20,22-27,29-30,32-34H,3-15,28H2,1-2H3/t16?,17?,18?,19-,20-,22?,23?,24?,25?,26?,27?/m1/s1. The lowest BCUT2D eigenvalue weighted by atomic mass is 9.76. The summed E-state index contributed by atoms with van der Waals surface area (Å²) < 4.78 is 10.8. The first-order valence-corrected chi connectivity index (χ1v) is 14.0. The molecule has 9 heteroatoms. The Morgan fingerprint density at radius 1 is 0.917 bits per heavy atom. The number of aliphatic hydroxyl groups is 4. The number of ketones is 1. The van der Waals surface area contributed by atoms with Crippen molar-refractivity contribution in [3.63, 3.8) is 0 Å². The van der Waals surface area contributed by atoms with Crippen molar-refractivity contribution in [1.82, 2.24) is 5.32 Å². The number of rotatable bonds is 12. The molecule has 0 bridgehead atoms. The first-order chi connectivity index (χ1) is 17.2. The zero-order valence-corrected chi connectivity index (χ0v) is 22.1. The number of methoxy groups -OCH3 is 2. The largest absolute Gasteiger partial charge is 0.392 e. The second kappa shape index (κ2) is 14.5. The average molecular weight is 515 g/mol. The topological polar surface area (TPSA) is 154 Å². The van der Waals surface area contributed by atoms with Crippen molar-refractivity contribution in [1.29, 1.82) is 0 Å². The molecular weight excluding hydrogens is 464 g/mol. The van der Waals surface area contributed by atoms with Crippen LogP contribution in [0, 0.1) is 23.7 Å². The van der Waals surface area contributed by atoms with E-state index in [4.69, 9.17) is 15.2 Å². The maximum absolute atomic E-state index is 13.5. The smallest absolute Gasteiger partial charge is 0.138 e. The number of piperidine rings is 1. The van der Waals surface area contributed by atoms with Gasteiger partial charge in [0, 0.05) is 26.6 Å². The summed E-state index contributed by atoms with van der Waals surface area (Å²) in [6.45, 7) is 0.826. The van der Waals surface area contributed by atoms with Gasteiger partial charge in [-0.2, -0.15) is 0 Å². The molecule has 7 N–H and O–H groups in total. The van der Waals surface area contributed by atoms with Gasteiger partial charge in [-0.1, -0.05) is 0 Å². The molecule has 2 aliphatic carbocycles. The number of ether oxygens (including phenoxy) is 2. The normalized spacial score (nSPS) is 39.5. The number of nitrogens with two attached hydrogens (primary N) is 1. The highest BCUT2D eigenvalue weighted by atomic mass is 16.5. The van der Waals surface area contributed by atoms with Crippen molar-refractivity contribution in [3.05, 3.63) is 0 Å². The van der Waals surface area contributed by atoms with Crippen molar-refractivity contribution < 1.29 is 34.7 Å². The molecule has 0 radical (unpaired) electrons. The summed E-state index contributed by atoms with van der Waals surface area (Å²) in [5.74, 6) is 0.430. The molecule has 36 heavy (non-hydrogen) atoms. The number of hydrogen-bond acceptors (Lipinski definition) is 9. The molecule has 0 amide bonds. The molecule has 2 saturated carbocycles. The lowest BCUT2D eigenvalue weighted by Gasteiger charge is -2.36. The Kier molecular flexibility index (Phi) is 12.0. The lowest BCUT2D eigenvalue weighted by Crippen LogP contribution is -2.46. The van der Waals surface area contributed by atoms with Crippen LogP contribution >= 0.6 is 0 Å². The van der Waals surface area contributed by atoms with Crippen LogP contribution in [0.3, 0.4) is 0 Å². The van der Waals surface area contributed by atoms with Gasteiger partial charge in [0.15, 0.2) is 0 Å². The molecule has 0 aromatic heterocycles. The van der Waals surface area contributed by atoms with E-state index in [0.717, 1.165) is 38.6 Å². The molecule has 9 unspecified atom stereocenters. The van der Waals surface area contributed by atoms with E-state index in [1.54, 1.807) is 7.11 Å². The van der Waals surface area contributed by atoms with Crippen LogP contribution in [0.25, 0.3) is 0 Å². The molecule has 1 aliphatic heterocycles. The van der Waals surface area contributed by atoms with E-state index >= 15 is 0 Å². The quantitative estimate of drug-likeness (QED) is 0.224. The molecule has 0 aromatic carbocycles. The number of Topliss-reactive ketones (excluding diaryl/α,β-unsaturated/α-hetero) is 1. The molecule has 3 fully saturated rings. The summed E-state index contributed by atoms with van der Waals surface area (Å²) in [6.07, 6.45) is 4.69. The molecule has 1 heterocycles. The molecule has 0 aromatic rings. The molecule has 9 nitrogen and oxygen atoms in total. The van der Waals surface area contributed by atoms with Crippen LogP contribution in [0.2, 0.25) is 0 Å². The second-order valence-electron chi connectivity index (χ2n) is 11.6. The highest BCUT2D eigenvalue weighted by Crippen LogP contribution is 2.35. The van der Waals surface area contributed by atoms with Gasteiger partial charge in [0.1, 0.15) is 11.9 Å². The minimum Gasteiger partial charge on any atom is -0.392 e. The molecule has 3 rings (SSSR count). The van der Waals surface area contributed by atoms with E-state index < -0.39 is 36.4 Å². The summed E-state index contributed by atoms with van der Waals surface area (Å²) >= 11 is 0. The fraction of sp³-hybridized carbons (Fsp3) is 0.963. The molecule has 0 spiro atoms. The molecular formula is C27H50N2O7. The van der Waals surface area contributed by atoms with Gasteiger partial charge in [-0.3, -0.25) is 4.79 Å². The van der Waals surface area contributed by atoms with Crippen molar-refractivity contribution in [2.45, 2.75) is 120 Å². The third-order valence-corrected chi connectivity index (χ3v) is 9.07. The Morgan fingerprint density at radius 2 is 1.64 bits per heavy atom. The van der Waals surface area contributed by atoms with Crippen LogP contribution in [0.5, 0.6) is 0 Å². The Bertz CT molecular complexity index is 668. The van der Waals surface area contributed by atoms with E-state index in [-0.39, 0.29) is 24.0 Å². The molecule has 210 valence electrons. The monoisotopic (exact) mass is 514 g/mol. The first kappa shape index (κ1) is 29.9. The van der Waals surface area contributed by atoms with Gasteiger partial charge in [-0.05, 0) is 94.9 Å². The summed E-state index contributed by atoms with van der Waals surface area (Å²) in [6, 6.07) is 0. The number of hydrogen-bond donors (Lipinski definition) is 6. The van der Waals surface area contributed by atoms with E-state index in [1.807, 2.05) is 0 Å². The van der Waals surface area contributed by atoms with Gasteiger partial charge in [0.25, 0.3) is 0 Å². The van der Waals surface area contributed by atoms with Gasteiger partial charge in [0.05, 0.1) is 36.7 Å². The first-order valence-electron chi connectivity index (χ1n) is 14.0. The van der Waals surface area contributed by atoms with E-state index in [0.29, 0.717) is 56.8 Å². The Balaban J connectivity index is 1.57. The predicted molar refractivity (Wildman–Crippen MR) is 136 cm³/mol. The Labute approximate surface area is 216 Å². The lowest BCUT2D eigenvalue weighted by molar-refractivity contribution is -0.130. The Morgan fingerprint density at radius 3 is 2.33 bits per heavy atom. The summed E-state index contributed by atoms with van der Waals surface area (Å²) in [5, 5.41) is 44.9. The fourth-order valence-corrected chi connectivity index (χ4v) is 6.72. The number of carbonyl (C=O) groups is 1. The zero-order valence-electron chi connectivity index (χ0n) is 22.1. The van der Waals surface area contributed by atoms with Gasteiger partial charge < -0.3 is 41.0 Å². The molecule has 3 aliphatic rings. The van der Waals surface area contributed by atoms with Gasteiger partial charge >= 0.3 is 0 Å². The summed E-state index contributed by atoms with van der Waals surface area (Å²) in [5.41, 5.74) is 6.11. The highest BCUT2D eigenvalue weighted by molar-refractivity contribution is 5.81. The second-order valence-corrected chi connectivity index (χ2v) is 11.6. The fourth-order valence-electron chi connectivity index (χ4n) is 6.72. The van der Waals surface area contributed by atoms with Crippen LogP contribution in [-0.2, 0) is 14.3 Å². The van der Waals surface area contributed by atoms with Gasteiger partial charge in [-0.25, -0.2) is 0 Å². The van der Waals surface area contributed by atoms with Crippen LogP contribution in [0.4, 0.5) is 0 Å². The van der Waals surface area contributed by atoms with Crippen LogP contribution in [-0.4, -0.2) is 89.8 Å². The minimum absolute atomic E-state index is 0.0718. The minimum atomic E-state index is -0.890. The summed E-state index contributed by atoms with van der Waals surface area (Å²) in [7, 11) is 3.16. The van der Waals surface area contributed by atoms with Crippen molar-refractivity contribution in [2.24, 2.45) is 29.4 Å². The van der Waals surface area contributed by atoms with Crippen molar-refractivity contribution in [3.8, 4) is 0 Å². The van der Waals surface area contributed by atoms with E-state index in [9.17, 15) is 25.2 Å². The maximum Gasteiger partial charge on any atom is 0.138 e.